The predicted octanol–water partition coefficient (Wildman–Crippen LogP) is 1.02. The fourth-order valence-electron chi connectivity index (χ4n) is 2.50. The van der Waals surface area contributed by atoms with E-state index in [1.165, 1.54) is 5.57 Å². The quantitative estimate of drug-likeness (QED) is 0.809. The molecule has 2 unspecified atom stereocenters. The number of nitrogens with one attached hydrogen (secondary N) is 1. The highest BCUT2D eigenvalue weighted by Crippen LogP contribution is 2.39. The Labute approximate surface area is 111 Å². The van der Waals surface area contributed by atoms with Crippen LogP contribution in [0.5, 0.6) is 0 Å². The van der Waals surface area contributed by atoms with Gasteiger partial charge < -0.3 is 10.2 Å². The van der Waals surface area contributed by atoms with E-state index in [-0.39, 0.29) is 11.8 Å². The summed E-state index contributed by atoms with van der Waals surface area (Å²) in [5.74, 6) is 0.378. The van der Waals surface area contributed by atoms with E-state index in [0.717, 1.165) is 31.1 Å². The minimum atomic E-state index is 0.143. The fourth-order valence-corrected chi connectivity index (χ4v) is 3.69. The normalized spacial score (nSPS) is 29.8. The number of aliphatic imine (C=N–C) groups is 1. The van der Waals surface area contributed by atoms with Gasteiger partial charge in [-0.05, 0) is 30.7 Å². The Hall–Kier alpha value is -1.07. The van der Waals surface area contributed by atoms with Gasteiger partial charge in [0, 0.05) is 19.8 Å². The van der Waals surface area contributed by atoms with Gasteiger partial charge in [-0.25, -0.2) is 0 Å². The summed E-state index contributed by atoms with van der Waals surface area (Å²) in [6.45, 7) is 2.60. The van der Waals surface area contributed by atoms with Gasteiger partial charge in [0.05, 0.1) is 22.7 Å². The van der Waals surface area contributed by atoms with Crippen LogP contribution in [0.15, 0.2) is 27.7 Å². The van der Waals surface area contributed by atoms with Crippen molar-refractivity contribution >= 4 is 23.9 Å². The number of nitrogens with zero attached hydrogens (tertiary/aromatic N) is 2. The molecular formula is C13H17N3OS. The molecule has 5 heteroatoms. The number of allylic oxidation sites excluding steroid dienone is 2. The van der Waals surface area contributed by atoms with E-state index < -0.39 is 0 Å². The van der Waals surface area contributed by atoms with Crippen LogP contribution in [-0.4, -0.2) is 49.0 Å². The molecule has 2 atom stereocenters. The number of carbonyl (C=O) groups is 1. The Balaban J connectivity index is 1.71. The molecule has 1 saturated heterocycles. The lowest BCUT2D eigenvalue weighted by molar-refractivity contribution is -0.131. The zero-order valence-corrected chi connectivity index (χ0v) is 11.2. The number of thioether (sulfide) groups is 1. The highest BCUT2D eigenvalue weighted by atomic mass is 32.2. The molecule has 0 aromatic heterocycles. The lowest BCUT2D eigenvalue weighted by Gasteiger charge is -2.21. The molecule has 0 aromatic carbocycles. The summed E-state index contributed by atoms with van der Waals surface area (Å²) in [5, 5.41) is 4.71. The standard InChI is InChI=1S/C13H17N3OS/c1-16(13(17)10-3-5-14-7-10)12-6-9-2-4-15-8-11(9)18-12/h2,4,6,10-11,14H,3,5,7-8H2,1H3. The van der Waals surface area contributed by atoms with Crippen LogP contribution in [0.2, 0.25) is 0 Å². The molecule has 18 heavy (non-hydrogen) atoms. The third-order valence-corrected chi connectivity index (χ3v) is 4.98. The SMILES string of the molecule is CN(C(=O)C1CCNC1)C1=CC2=CC=NCC2S1. The molecule has 3 aliphatic heterocycles. The van der Waals surface area contributed by atoms with E-state index >= 15 is 0 Å². The Morgan fingerprint density at radius 2 is 2.50 bits per heavy atom. The van der Waals surface area contributed by atoms with Crippen molar-refractivity contribution in [2.45, 2.75) is 11.7 Å². The molecule has 1 amide bonds. The van der Waals surface area contributed by atoms with Gasteiger partial charge >= 0.3 is 0 Å². The van der Waals surface area contributed by atoms with Crippen molar-refractivity contribution in [3.8, 4) is 0 Å². The third-order valence-electron chi connectivity index (χ3n) is 3.64. The first-order valence-electron chi connectivity index (χ1n) is 6.32. The van der Waals surface area contributed by atoms with Crippen molar-refractivity contribution in [1.82, 2.24) is 10.2 Å². The minimum absolute atomic E-state index is 0.143. The summed E-state index contributed by atoms with van der Waals surface area (Å²) >= 11 is 1.75. The van der Waals surface area contributed by atoms with Crippen molar-refractivity contribution in [3.63, 3.8) is 0 Å². The lowest BCUT2D eigenvalue weighted by atomic mass is 10.1. The molecule has 0 spiro atoms. The van der Waals surface area contributed by atoms with Gasteiger partial charge in [-0.1, -0.05) is 11.8 Å². The van der Waals surface area contributed by atoms with E-state index in [1.54, 1.807) is 11.8 Å². The maximum absolute atomic E-state index is 12.3. The molecule has 96 valence electrons. The van der Waals surface area contributed by atoms with Gasteiger partial charge in [0.15, 0.2) is 0 Å². The molecule has 0 saturated carbocycles. The number of amides is 1. The molecule has 4 nitrogen and oxygen atoms in total. The van der Waals surface area contributed by atoms with Gasteiger partial charge in [-0.3, -0.25) is 9.79 Å². The highest BCUT2D eigenvalue weighted by molar-refractivity contribution is 8.04. The molecule has 1 fully saturated rings. The summed E-state index contributed by atoms with van der Waals surface area (Å²) in [6.07, 6.45) is 6.98. The minimum Gasteiger partial charge on any atom is -0.316 e. The maximum Gasteiger partial charge on any atom is 0.231 e. The van der Waals surface area contributed by atoms with Gasteiger partial charge in [0.2, 0.25) is 5.91 Å². The van der Waals surface area contributed by atoms with Crippen molar-refractivity contribution in [1.29, 1.82) is 0 Å². The molecule has 3 heterocycles. The molecule has 0 radical (unpaired) electrons. The number of rotatable bonds is 2. The van der Waals surface area contributed by atoms with Crippen molar-refractivity contribution in [3.05, 3.63) is 22.8 Å². The number of carbonyl (C=O) groups excluding carboxylic acids is 1. The van der Waals surface area contributed by atoms with Gasteiger partial charge in [0.25, 0.3) is 0 Å². The number of hydrogen-bond acceptors (Lipinski definition) is 4. The van der Waals surface area contributed by atoms with E-state index in [9.17, 15) is 4.79 Å². The smallest absolute Gasteiger partial charge is 0.231 e. The number of fused-ring (bicyclic) bond motifs is 1. The van der Waals surface area contributed by atoms with E-state index in [2.05, 4.69) is 16.4 Å². The van der Waals surface area contributed by atoms with Crippen molar-refractivity contribution in [2.24, 2.45) is 10.9 Å². The Kier molecular flexibility index (Phi) is 3.26. The largest absolute Gasteiger partial charge is 0.316 e. The topological polar surface area (TPSA) is 44.7 Å². The van der Waals surface area contributed by atoms with Gasteiger partial charge in [-0.15, -0.1) is 0 Å². The van der Waals surface area contributed by atoms with E-state index in [0.29, 0.717) is 5.25 Å². The molecule has 3 rings (SSSR count). The van der Waals surface area contributed by atoms with Gasteiger partial charge in [0.1, 0.15) is 0 Å². The van der Waals surface area contributed by atoms with Crippen LogP contribution in [0.25, 0.3) is 0 Å². The summed E-state index contributed by atoms with van der Waals surface area (Å²) in [7, 11) is 1.89. The lowest BCUT2D eigenvalue weighted by Crippen LogP contribution is -2.32. The van der Waals surface area contributed by atoms with E-state index in [4.69, 9.17) is 0 Å². The summed E-state index contributed by atoms with van der Waals surface area (Å²) in [5.41, 5.74) is 1.29. The van der Waals surface area contributed by atoms with E-state index in [1.807, 2.05) is 24.2 Å². The molecule has 0 aliphatic carbocycles. The number of hydrogen-bond donors (Lipinski definition) is 1. The first kappa shape index (κ1) is 12.0. The van der Waals surface area contributed by atoms with Crippen LogP contribution in [-0.2, 0) is 4.79 Å². The Bertz CT molecular complexity index is 449. The number of dihydropyridines is 1. The second-order valence-corrected chi connectivity index (χ2v) is 6.08. The van der Waals surface area contributed by atoms with Crippen LogP contribution in [0.4, 0.5) is 0 Å². The zero-order valence-electron chi connectivity index (χ0n) is 10.4. The zero-order chi connectivity index (χ0) is 12.5. The summed E-state index contributed by atoms with van der Waals surface area (Å²) < 4.78 is 0. The van der Waals surface area contributed by atoms with Crippen LogP contribution in [0.1, 0.15) is 6.42 Å². The van der Waals surface area contributed by atoms with Crippen LogP contribution in [0, 0.1) is 5.92 Å². The van der Waals surface area contributed by atoms with Crippen LogP contribution < -0.4 is 5.32 Å². The molecule has 0 aromatic rings. The molecule has 3 aliphatic rings. The molecule has 1 N–H and O–H groups in total. The van der Waals surface area contributed by atoms with Crippen molar-refractivity contribution in [2.75, 3.05) is 26.7 Å². The first-order chi connectivity index (χ1) is 8.75. The van der Waals surface area contributed by atoms with Crippen LogP contribution >= 0.6 is 11.8 Å². The average molecular weight is 263 g/mol. The second kappa shape index (κ2) is 4.90. The third kappa shape index (κ3) is 2.12. The second-order valence-electron chi connectivity index (χ2n) is 4.86. The summed E-state index contributed by atoms with van der Waals surface area (Å²) in [6, 6.07) is 0. The first-order valence-corrected chi connectivity index (χ1v) is 7.20. The molecule has 0 bridgehead atoms. The Morgan fingerprint density at radius 3 is 3.22 bits per heavy atom. The molecular weight excluding hydrogens is 246 g/mol. The van der Waals surface area contributed by atoms with Gasteiger partial charge in [-0.2, -0.15) is 0 Å². The fraction of sp³-hybridized carbons (Fsp3) is 0.538. The monoisotopic (exact) mass is 263 g/mol. The average Bonchev–Trinajstić information content (AvgIpc) is 3.05. The van der Waals surface area contributed by atoms with Crippen molar-refractivity contribution < 1.29 is 4.79 Å². The maximum atomic E-state index is 12.3. The van der Waals surface area contributed by atoms with Crippen LogP contribution in [0.3, 0.4) is 0 Å². The highest BCUT2D eigenvalue weighted by Gasteiger charge is 2.31. The summed E-state index contributed by atoms with van der Waals surface area (Å²) in [4.78, 5) is 18.4. The Morgan fingerprint density at radius 1 is 1.61 bits per heavy atom. The predicted molar refractivity (Wildman–Crippen MR) is 74.7 cm³/mol.